The van der Waals surface area contributed by atoms with E-state index in [1.54, 1.807) is 6.92 Å². The van der Waals surface area contributed by atoms with E-state index in [-0.39, 0.29) is 11.8 Å². The number of ketones is 1. The van der Waals surface area contributed by atoms with Crippen LogP contribution in [-0.2, 0) is 14.3 Å². The second kappa shape index (κ2) is 3.37. The Kier molecular flexibility index (Phi) is 2.33. The van der Waals surface area contributed by atoms with E-state index in [0.717, 1.165) is 12.8 Å². The molecule has 14 heavy (non-hydrogen) atoms. The van der Waals surface area contributed by atoms with Crippen LogP contribution in [0, 0.1) is 11.3 Å². The number of Topliss-reactive ketones (excluding diaryl/α,β-unsaturated/α-hetero) is 1. The Bertz CT molecular complexity index is 266. The Morgan fingerprint density at radius 2 is 2.21 bits per heavy atom. The van der Waals surface area contributed by atoms with E-state index in [1.165, 1.54) is 12.8 Å². The fourth-order valence-electron chi connectivity index (χ4n) is 2.30. The number of rotatable bonds is 2. The Morgan fingerprint density at radius 3 is 2.79 bits per heavy atom. The highest BCUT2D eigenvalue weighted by Crippen LogP contribution is 2.56. The van der Waals surface area contributed by atoms with Crippen LogP contribution in [0.3, 0.4) is 0 Å². The van der Waals surface area contributed by atoms with Crippen molar-refractivity contribution in [1.29, 1.82) is 0 Å². The van der Waals surface area contributed by atoms with Crippen molar-refractivity contribution >= 4 is 11.8 Å². The molecule has 0 heterocycles. The zero-order valence-electron chi connectivity index (χ0n) is 8.54. The van der Waals surface area contributed by atoms with Gasteiger partial charge in [-0.25, -0.2) is 0 Å². The minimum absolute atomic E-state index is 0.0842. The highest BCUT2D eigenvalue weighted by Gasteiger charge is 2.50. The zero-order valence-corrected chi connectivity index (χ0v) is 8.54. The minimum Gasteiger partial charge on any atom is -0.465 e. The fraction of sp³-hybridized carbons (Fsp3) is 0.818. The number of esters is 1. The molecule has 0 amide bonds. The Balaban J connectivity index is 2.01. The molecule has 2 aliphatic rings. The molecule has 0 radical (unpaired) electrons. The SMILES string of the molecule is CCOC(=O)[C@@H]1CC2(CCC1=O)CC2. The van der Waals surface area contributed by atoms with Crippen molar-refractivity contribution in [3.05, 3.63) is 0 Å². The molecule has 0 saturated heterocycles. The van der Waals surface area contributed by atoms with E-state index in [9.17, 15) is 9.59 Å². The number of ether oxygens (including phenoxy) is 1. The van der Waals surface area contributed by atoms with Crippen LogP contribution in [0.1, 0.15) is 39.0 Å². The van der Waals surface area contributed by atoms with Gasteiger partial charge in [-0.3, -0.25) is 9.59 Å². The molecular weight excluding hydrogens is 180 g/mol. The molecule has 0 aromatic rings. The molecule has 0 unspecified atom stereocenters. The maximum absolute atomic E-state index is 11.5. The van der Waals surface area contributed by atoms with Crippen LogP contribution < -0.4 is 0 Å². The number of hydrogen-bond donors (Lipinski definition) is 0. The van der Waals surface area contributed by atoms with Gasteiger partial charge in [-0.15, -0.1) is 0 Å². The van der Waals surface area contributed by atoms with Crippen molar-refractivity contribution in [2.75, 3.05) is 6.61 Å². The molecule has 1 spiro atoms. The molecule has 3 nitrogen and oxygen atoms in total. The number of carbonyl (C=O) groups is 2. The van der Waals surface area contributed by atoms with Crippen LogP contribution in [0.15, 0.2) is 0 Å². The van der Waals surface area contributed by atoms with Crippen LogP contribution in [0.5, 0.6) is 0 Å². The smallest absolute Gasteiger partial charge is 0.316 e. The van der Waals surface area contributed by atoms with Crippen molar-refractivity contribution < 1.29 is 14.3 Å². The lowest BCUT2D eigenvalue weighted by atomic mass is 9.78. The van der Waals surface area contributed by atoms with Gasteiger partial charge in [-0.1, -0.05) is 0 Å². The van der Waals surface area contributed by atoms with Crippen molar-refractivity contribution in [1.82, 2.24) is 0 Å². The van der Waals surface area contributed by atoms with E-state index >= 15 is 0 Å². The lowest BCUT2D eigenvalue weighted by Gasteiger charge is -2.26. The summed E-state index contributed by atoms with van der Waals surface area (Å²) in [5, 5.41) is 0. The summed E-state index contributed by atoms with van der Waals surface area (Å²) < 4.78 is 4.91. The highest BCUT2D eigenvalue weighted by molar-refractivity contribution is 5.99. The summed E-state index contributed by atoms with van der Waals surface area (Å²) in [5.74, 6) is -0.671. The van der Waals surface area contributed by atoms with E-state index in [2.05, 4.69) is 0 Å². The van der Waals surface area contributed by atoms with Crippen LogP contribution in [0.2, 0.25) is 0 Å². The number of carbonyl (C=O) groups excluding carboxylic acids is 2. The molecule has 2 rings (SSSR count). The first-order chi connectivity index (χ1) is 6.67. The molecule has 0 aromatic carbocycles. The second-order valence-corrected chi connectivity index (χ2v) is 4.48. The summed E-state index contributed by atoms with van der Waals surface area (Å²) in [6.07, 6.45) is 4.68. The average Bonchev–Trinajstić information content (AvgIpc) is 2.91. The third-order valence-corrected chi connectivity index (χ3v) is 3.46. The molecule has 3 heteroatoms. The maximum Gasteiger partial charge on any atom is 0.316 e. The molecule has 0 N–H and O–H groups in total. The first-order valence-electron chi connectivity index (χ1n) is 5.36. The van der Waals surface area contributed by atoms with Crippen molar-refractivity contribution in [3.8, 4) is 0 Å². The fourth-order valence-corrected chi connectivity index (χ4v) is 2.30. The lowest BCUT2D eigenvalue weighted by molar-refractivity contribution is -0.153. The third-order valence-electron chi connectivity index (χ3n) is 3.46. The maximum atomic E-state index is 11.5. The van der Waals surface area contributed by atoms with Crippen LogP contribution in [0.25, 0.3) is 0 Å². The van der Waals surface area contributed by atoms with Gasteiger partial charge in [0, 0.05) is 6.42 Å². The van der Waals surface area contributed by atoms with Crippen molar-refractivity contribution in [3.63, 3.8) is 0 Å². The van der Waals surface area contributed by atoms with E-state index < -0.39 is 5.92 Å². The minimum atomic E-state index is -0.453. The monoisotopic (exact) mass is 196 g/mol. The van der Waals surface area contributed by atoms with E-state index in [0.29, 0.717) is 18.4 Å². The summed E-state index contributed by atoms with van der Waals surface area (Å²) >= 11 is 0. The Labute approximate surface area is 83.8 Å². The normalized spacial score (nSPS) is 28.9. The first kappa shape index (κ1) is 9.69. The molecule has 1 atom stereocenters. The zero-order chi connectivity index (χ0) is 10.2. The van der Waals surface area contributed by atoms with Crippen LogP contribution >= 0.6 is 0 Å². The van der Waals surface area contributed by atoms with Crippen molar-refractivity contribution in [2.45, 2.75) is 39.0 Å². The summed E-state index contributed by atoms with van der Waals surface area (Å²) in [6, 6.07) is 0. The van der Waals surface area contributed by atoms with Gasteiger partial charge < -0.3 is 4.74 Å². The molecule has 78 valence electrons. The second-order valence-electron chi connectivity index (χ2n) is 4.48. The summed E-state index contributed by atoms with van der Waals surface area (Å²) in [6.45, 7) is 2.15. The predicted octanol–water partition coefficient (Wildman–Crippen LogP) is 1.70. The molecule has 2 saturated carbocycles. The van der Waals surface area contributed by atoms with Gasteiger partial charge in [-0.05, 0) is 38.0 Å². The lowest BCUT2D eigenvalue weighted by Crippen LogP contribution is -2.33. The van der Waals surface area contributed by atoms with Gasteiger partial charge in [-0.2, -0.15) is 0 Å². The van der Waals surface area contributed by atoms with E-state index in [1.807, 2.05) is 0 Å². The molecule has 0 aromatic heterocycles. The summed E-state index contributed by atoms with van der Waals surface area (Å²) in [5.41, 5.74) is 0.339. The van der Waals surface area contributed by atoms with Gasteiger partial charge >= 0.3 is 5.97 Å². The number of hydrogen-bond acceptors (Lipinski definition) is 3. The average molecular weight is 196 g/mol. The van der Waals surface area contributed by atoms with Crippen LogP contribution in [0.4, 0.5) is 0 Å². The van der Waals surface area contributed by atoms with Gasteiger partial charge in [0.25, 0.3) is 0 Å². The third kappa shape index (κ3) is 1.68. The van der Waals surface area contributed by atoms with Crippen LogP contribution in [-0.4, -0.2) is 18.4 Å². The Morgan fingerprint density at radius 1 is 1.50 bits per heavy atom. The quantitative estimate of drug-likeness (QED) is 0.498. The van der Waals surface area contributed by atoms with Crippen molar-refractivity contribution in [2.24, 2.45) is 11.3 Å². The van der Waals surface area contributed by atoms with Gasteiger partial charge in [0.05, 0.1) is 6.61 Å². The van der Waals surface area contributed by atoms with Gasteiger partial charge in [0.2, 0.25) is 0 Å². The predicted molar refractivity (Wildman–Crippen MR) is 50.6 cm³/mol. The molecule has 0 bridgehead atoms. The Hall–Kier alpha value is -0.860. The summed E-state index contributed by atoms with van der Waals surface area (Å²) in [7, 11) is 0. The molecule has 2 aliphatic carbocycles. The van der Waals surface area contributed by atoms with Gasteiger partial charge in [0.15, 0.2) is 0 Å². The molecular formula is C11H16O3. The van der Waals surface area contributed by atoms with E-state index in [4.69, 9.17) is 4.74 Å². The summed E-state index contributed by atoms with van der Waals surface area (Å²) in [4.78, 5) is 23.0. The standard InChI is InChI=1S/C11H16O3/c1-2-14-10(13)8-7-11(5-6-11)4-3-9(8)12/h8H,2-7H2,1H3/t8-/m1/s1. The first-order valence-corrected chi connectivity index (χ1v) is 5.36. The van der Waals surface area contributed by atoms with Gasteiger partial charge in [0.1, 0.15) is 11.7 Å². The molecule has 0 aliphatic heterocycles. The molecule has 2 fully saturated rings. The largest absolute Gasteiger partial charge is 0.465 e. The topological polar surface area (TPSA) is 43.4 Å². The highest BCUT2D eigenvalue weighted by atomic mass is 16.5.